The molecule has 0 unspecified atom stereocenters. The van der Waals surface area contributed by atoms with E-state index < -0.39 is 4.92 Å². The van der Waals surface area contributed by atoms with E-state index in [9.17, 15) is 10.1 Å². The smallest absolute Gasteiger partial charge is 0.349 e. The van der Waals surface area contributed by atoms with Gasteiger partial charge in [0, 0.05) is 13.1 Å². The van der Waals surface area contributed by atoms with E-state index in [1.165, 1.54) is 0 Å². The minimum Gasteiger partial charge on any atom is -0.472 e. The van der Waals surface area contributed by atoms with Crippen molar-refractivity contribution in [3.05, 3.63) is 31.9 Å². The summed E-state index contributed by atoms with van der Waals surface area (Å²) in [5, 5.41) is 14.1. The molecule has 0 aliphatic carbocycles. The molecule has 1 N–H and O–H groups in total. The summed E-state index contributed by atoms with van der Waals surface area (Å²) >= 11 is 12.3. The number of nitrogens with one attached hydrogen (secondary N) is 1. The lowest BCUT2D eigenvalue weighted by molar-refractivity contribution is -0.423. The number of nitro groups is 1. The summed E-state index contributed by atoms with van der Waals surface area (Å²) in [4.78, 5) is 12.4. The van der Waals surface area contributed by atoms with Crippen LogP contribution in [0.15, 0.2) is 21.8 Å². The molecule has 106 valence electrons. The van der Waals surface area contributed by atoms with Crippen LogP contribution in [-0.4, -0.2) is 36.1 Å². The highest BCUT2D eigenvalue weighted by Gasteiger charge is 2.31. The molecule has 0 saturated carbocycles. The predicted octanol–water partition coefficient (Wildman–Crippen LogP) is 2.18. The molecule has 0 spiro atoms. The van der Waals surface area contributed by atoms with Crippen LogP contribution >= 0.6 is 23.2 Å². The maximum Gasteiger partial charge on any atom is 0.349 e. The van der Waals surface area contributed by atoms with E-state index in [0.717, 1.165) is 32.4 Å². The van der Waals surface area contributed by atoms with Crippen molar-refractivity contribution in [2.24, 2.45) is 0 Å². The lowest BCUT2D eigenvalue weighted by Gasteiger charge is -2.28. The molecular formula is C11H15Cl2N3O3. The largest absolute Gasteiger partial charge is 0.472 e. The number of allylic oxidation sites excluding steroid dienone is 1. The van der Waals surface area contributed by atoms with Gasteiger partial charge in [0.2, 0.25) is 0 Å². The van der Waals surface area contributed by atoms with Gasteiger partial charge in [-0.1, -0.05) is 23.2 Å². The van der Waals surface area contributed by atoms with Crippen LogP contribution in [0.1, 0.15) is 19.3 Å². The minimum atomic E-state index is -0.567. The monoisotopic (exact) mass is 307 g/mol. The number of halogens is 2. The minimum absolute atomic E-state index is 0.0713. The van der Waals surface area contributed by atoms with Gasteiger partial charge in [-0.05, 0) is 19.3 Å². The Kier molecular flexibility index (Phi) is 4.76. The topological polar surface area (TPSA) is 67.6 Å². The van der Waals surface area contributed by atoms with E-state index in [-0.39, 0.29) is 21.8 Å². The average molecular weight is 308 g/mol. The van der Waals surface area contributed by atoms with Crippen molar-refractivity contribution in [1.82, 2.24) is 10.2 Å². The number of nitrogens with zero attached hydrogens (tertiary/aromatic N) is 2. The Labute approximate surface area is 121 Å². The molecule has 0 atom stereocenters. The van der Waals surface area contributed by atoms with Crippen LogP contribution in [0.5, 0.6) is 0 Å². The number of ether oxygens (including phenoxy) is 1. The highest BCUT2D eigenvalue weighted by Crippen LogP contribution is 2.29. The lowest BCUT2D eigenvalue weighted by atomic mass is 10.1. The Balaban J connectivity index is 2.29. The number of hydrogen-bond donors (Lipinski definition) is 1. The van der Waals surface area contributed by atoms with Gasteiger partial charge in [-0.3, -0.25) is 10.1 Å². The standard InChI is InChI=1S/C11H15Cl2N3O3/c12-8(10(13)15-5-2-1-3-6-15)9(16(17)18)11-14-4-7-19-11/h14H,1-7H2. The second-order valence-electron chi connectivity index (χ2n) is 4.36. The molecule has 2 rings (SSSR count). The number of piperidine rings is 1. The van der Waals surface area contributed by atoms with Crippen LogP contribution in [0.2, 0.25) is 0 Å². The molecule has 0 aromatic heterocycles. The van der Waals surface area contributed by atoms with Gasteiger partial charge >= 0.3 is 5.70 Å². The van der Waals surface area contributed by atoms with Gasteiger partial charge < -0.3 is 15.0 Å². The first-order valence-electron chi connectivity index (χ1n) is 6.17. The molecule has 0 amide bonds. The molecule has 0 aromatic rings. The maximum absolute atomic E-state index is 11.1. The van der Waals surface area contributed by atoms with Crippen molar-refractivity contribution >= 4 is 23.2 Å². The van der Waals surface area contributed by atoms with Crippen molar-refractivity contribution in [2.75, 3.05) is 26.2 Å². The first-order chi connectivity index (χ1) is 9.11. The van der Waals surface area contributed by atoms with E-state index in [0.29, 0.717) is 13.2 Å². The highest BCUT2D eigenvalue weighted by molar-refractivity contribution is 6.40. The lowest BCUT2D eigenvalue weighted by Crippen LogP contribution is -2.28. The number of hydrogen-bond acceptors (Lipinski definition) is 5. The fourth-order valence-electron chi connectivity index (χ4n) is 2.11. The number of likely N-dealkylation sites (tertiary alicyclic amines) is 1. The SMILES string of the molecule is O=[N+]([O-])C(=C1NCCO1)C(Cl)=C(Cl)N1CCCCC1. The van der Waals surface area contributed by atoms with Gasteiger partial charge in [-0.15, -0.1) is 0 Å². The van der Waals surface area contributed by atoms with Gasteiger partial charge in [-0.2, -0.15) is 0 Å². The van der Waals surface area contributed by atoms with E-state index in [1.807, 2.05) is 4.90 Å². The molecule has 0 bridgehead atoms. The molecular weight excluding hydrogens is 293 g/mol. The fourth-order valence-corrected chi connectivity index (χ4v) is 2.64. The highest BCUT2D eigenvalue weighted by atomic mass is 35.5. The van der Waals surface area contributed by atoms with Crippen LogP contribution in [0.3, 0.4) is 0 Å². The average Bonchev–Trinajstić information content (AvgIpc) is 2.92. The van der Waals surface area contributed by atoms with Gasteiger partial charge in [0.25, 0.3) is 5.88 Å². The Hall–Kier alpha value is -1.14. The summed E-state index contributed by atoms with van der Waals surface area (Å²) in [5.41, 5.74) is -0.297. The van der Waals surface area contributed by atoms with Crippen LogP contribution in [0.25, 0.3) is 0 Å². The van der Waals surface area contributed by atoms with Crippen molar-refractivity contribution in [1.29, 1.82) is 0 Å². The summed E-state index contributed by atoms with van der Waals surface area (Å²) < 4.78 is 5.17. The predicted molar refractivity (Wildman–Crippen MR) is 72.1 cm³/mol. The summed E-state index contributed by atoms with van der Waals surface area (Å²) in [5.74, 6) is 0.0881. The van der Waals surface area contributed by atoms with Crippen LogP contribution in [-0.2, 0) is 4.74 Å². The fraction of sp³-hybridized carbons (Fsp3) is 0.636. The molecule has 8 heteroatoms. The molecule has 0 aromatic carbocycles. The first-order valence-corrected chi connectivity index (χ1v) is 6.93. The summed E-state index contributed by atoms with van der Waals surface area (Å²) in [6.07, 6.45) is 3.17. The zero-order valence-electron chi connectivity index (χ0n) is 10.3. The molecule has 0 radical (unpaired) electrons. The Morgan fingerprint density at radius 3 is 2.53 bits per heavy atom. The van der Waals surface area contributed by atoms with E-state index >= 15 is 0 Å². The second-order valence-corrected chi connectivity index (χ2v) is 5.10. The van der Waals surface area contributed by atoms with E-state index in [4.69, 9.17) is 27.9 Å². The third kappa shape index (κ3) is 3.25. The van der Waals surface area contributed by atoms with Crippen LogP contribution in [0, 0.1) is 10.1 Å². The summed E-state index contributed by atoms with van der Waals surface area (Å²) in [6.45, 7) is 2.45. The van der Waals surface area contributed by atoms with Crippen LogP contribution < -0.4 is 5.32 Å². The Bertz CT molecular complexity index is 423. The van der Waals surface area contributed by atoms with Crippen molar-refractivity contribution in [2.45, 2.75) is 19.3 Å². The summed E-state index contributed by atoms with van der Waals surface area (Å²) in [6, 6.07) is 0. The number of rotatable bonds is 3. The first kappa shape index (κ1) is 14.3. The van der Waals surface area contributed by atoms with Crippen molar-refractivity contribution in [3.8, 4) is 0 Å². The van der Waals surface area contributed by atoms with Gasteiger partial charge in [-0.25, -0.2) is 0 Å². The quantitative estimate of drug-likeness (QED) is 0.492. The van der Waals surface area contributed by atoms with E-state index in [1.54, 1.807) is 0 Å². The zero-order valence-corrected chi connectivity index (χ0v) is 11.8. The molecule has 2 heterocycles. The Morgan fingerprint density at radius 2 is 2.00 bits per heavy atom. The third-order valence-electron chi connectivity index (χ3n) is 3.05. The van der Waals surface area contributed by atoms with Gasteiger partial charge in [0.05, 0.1) is 11.5 Å². The second kappa shape index (κ2) is 6.34. The molecule has 2 aliphatic heterocycles. The van der Waals surface area contributed by atoms with Gasteiger partial charge in [0.1, 0.15) is 11.8 Å². The molecule has 2 fully saturated rings. The van der Waals surface area contributed by atoms with Gasteiger partial charge in [0.15, 0.2) is 5.03 Å². The van der Waals surface area contributed by atoms with E-state index in [2.05, 4.69) is 5.32 Å². The van der Waals surface area contributed by atoms with Crippen LogP contribution in [0.4, 0.5) is 0 Å². The molecule has 19 heavy (non-hydrogen) atoms. The zero-order chi connectivity index (χ0) is 13.8. The maximum atomic E-state index is 11.1. The Morgan fingerprint density at radius 1 is 1.32 bits per heavy atom. The molecule has 2 aliphatic rings. The summed E-state index contributed by atoms with van der Waals surface area (Å²) in [7, 11) is 0. The normalized spacial score (nSPS) is 23.4. The molecule has 2 saturated heterocycles. The van der Waals surface area contributed by atoms with Crippen molar-refractivity contribution < 1.29 is 9.66 Å². The van der Waals surface area contributed by atoms with Crippen molar-refractivity contribution in [3.63, 3.8) is 0 Å². The molecule has 6 nitrogen and oxygen atoms in total. The third-order valence-corrected chi connectivity index (χ3v) is 3.94.